The summed E-state index contributed by atoms with van der Waals surface area (Å²) >= 11 is 0. The van der Waals surface area contributed by atoms with Crippen molar-refractivity contribution in [2.75, 3.05) is 0 Å². The molecule has 0 radical (unpaired) electrons. The number of aryl methyl sites for hydroxylation is 1. The van der Waals surface area contributed by atoms with E-state index in [1.807, 2.05) is 4.68 Å². The number of aromatic hydroxyl groups is 1. The van der Waals surface area contributed by atoms with Crippen LogP contribution in [0.1, 0.15) is 51.9 Å². The number of hydrogen-bond donors (Lipinski definition) is 1. The van der Waals surface area contributed by atoms with Crippen molar-refractivity contribution in [1.82, 2.24) is 9.78 Å². The molecule has 0 atom stereocenters. The fourth-order valence-electron chi connectivity index (χ4n) is 1.92. The summed E-state index contributed by atoms with van der Waals surface area (Å²) in [5.74, 6) is 0.967. The van der Waals surface area contributed by atoms with Crippen LogP contribution in [-0.4, -0.2) is 14.9 Å². The Hall–Kier alpha value is -0.990. The Bertz CT molecular complexity index is 329. The zero-order valence-electron chi connectivity index (χ0n) is 11.0. The fraction of sp³-hybridized carbons (Fsp3) is 0.769. The van der Waals surface area contributed by atoms with Crippen LogP contribution >= 0.6 is 0 Å². The molecule has 0 fully saturated rings. The molecular formula is C13H24N2O. The van der Waals surface area contributed by atoms with Gasteiger partial charge < -0.3 is 5.11 Å². The summed E-state index contributed by atoms with van der Waals surface area (Å²) in [6.45, 7) is 9.37. The highest BCUT2D eigenvalue weighted by Crippen LogP contribution is 2.26. The topological polar surface area (TPSA) is 38.1 Å². The van der Waals surface area contributed by atoms with Gasteiger partial charge >= 0.3 is 0 Å². The molecule has 92 valence electrons. The molecule has 0 spiro atoms. The normalized spacial score (nSPS) is 11.3. The summed E-state index contributed by atoms with van der Waals surface area (Å²) in [5.41, 5.74) is 1.88. The van der Waals surface area contributed by atoms with E-state index >= 15 is 0 Å². The molecular weight excluding hydrogens is 200 g/mol. The first-order valence-electron chi connectivity index (χ1n) is 6.37. The van der Waals surface area contributed by atoms with E-state index in [1.165, 1.54) is 0 Å². The Labute approximate surface area is 98.5 Å². The van der Waals surface area contributed by atoms with Gasteiger partial charge in [0.25, 0.3) is 0 Å². The Morgan fingerprint density at radius 1 is 1.31 bits per heavy atom. The van der Waals surface area contributed by atoms with E-state index in [0.29, 0.717) is 11.7 Å². The average molecular weight is 224 g/mol. The molecule has 0 unspecified atom stereocenters. The predicted octanol–water partition coefficient (Wildman–Crippen LogP) is 3.15. The highest BCUT2D eigenvalue weighted by Gasteiger charge is 2.16. The van der Waals surface area contributed by atoms with Gasteiger partial charge in [-0.3, -0.25) is 4.68 Å². The maximum Gasteiger partial charge on any atom is 0.160 e. The molecule has 0 bridgehead atoms. The zero-order chi connectivity index (χ0) is 12.1. The van der Waals surface area contributed by atoms with Crippen LogP contribution in [0.4, 0.5) is 0 Å². The summed E-state index contributed by atoms with van der Waals surface area (Å²) in [6, 6.07) is 0. The summed E-state index contributed by atoms with van der Waals surface area (Å²) in [4.78, 5) is 0. The lowest BCUT2D eigenvalue weighted by molar-refractivity contribution is 0.452. The highest BCUT2D eigenvalue weighted by molar-refractivity contribution is 5.32. The van der Waals surface area contributed by atoms with Gasteiger partial charge in [0, 0.05) is 6.54 Å². The maximum absolute atomic E-state index is 10.1. The van der Waals surface area contributed by atoms with Gasteiger partial charge in [-0.05, 0) is 32.1 Å². The lowest BCUT2D eigenvalue weighted by Crippen LogP contribution is -2.03. The van der Waals surface area contributed by atoms with Crippen molar-refractivity contribution in [2.45, 2.75) is 59.9 Å². The molecule has 1 rings (SSSR count). The second kappa shape index (κ2) is 5.92. The van der Waals surface area contributed by atoms with Crippen LogP contribution in [-0.2, 0) is 19.4 Å². The quantitative estimate of drug-likeness (QED) is 0.806. The number of nitrogens with zero attached hydrogens (tertiary/aromatic N) is 2. The third-order valence-electron chi connectivity index (χ3n) is 2.77. The van der Waals surface area contributed by atoms with E-state index in [2.05, 4.69) is 32.8 Å². The second-order valence-electron chi connectivity index (χ2n) is 4.76. The van der Waals surface area contributed by atoms with Crippen LogP contribution in [0.2, 0.25) is 0 Å². The molecule has 0 saturated heterocycles. The smallest absolute Gasteiger partial charge is 0.160 e. The van der Waals surface area contributed by atoms with E-state index in [0.717, 1.165) is 43.6 Å². The molecule has 1 heterocycles. The molecule has 0 amide bonds. The minimum Gasteiger partial charge on any atom is -0.504 e. The van der Waals surface area contributed by atoms with Crippen molar-refractivity contribution in [3.8, 4) is 5.75 Å². The van der Waals surface area contributed by atoms with Gasteiger partial charge in [0.05, 0.1) is 5.69 Å². The van der Waals surface area contributed by atoms with Crippen molar-refractivity contribution < 1.29 is 5.11 Å². The van der Waals surface area contributed by atoms with Crippen LogP contribution in [0.3, 0.4) is 0 Å². The van der Waals surface area contributed by atoms with Crippen molar-refractivity contribution in [3.05, 3.63) is 11.4 Å². The third kappa shape index (κ3) is 3.00. The molecule has 16 heavy (non-hydrogen) atoms. The molecule has 3 nitrogen and oxygen atoms in total. The Balaban J connectivity index is 2.91. The van der Waals surface area contributed by atoms with E-state index < -0.39 is 0 Å². The van der Waals surface area contributed by atoms with Crippen LogP contribution in [0.25, 0.3) is 0 Å². The van der Waals surface area contributed by atoms with E-state index in [-0.39, 0.29) is 0 Å². The Morgan fingerprint density at radius 3 is 2.50 bits per heavy atom. The summed E-state index contributed by atoms with van der Waals surface area (Å²) < 4.78 is 1.95. The van der Waals surface area contributed by atoms with Gasteiger partial charge in [0.2, 0.25) is 0 Å². The molecule has 1 aromatic rings. The van der Waals surface area contributed by atoms with Crippen molar-refractivity contribution in [3.63, 3.8) is 0 Å². The van der Waals surface area contributed by atoms with Crippen LogP contribution < -0.4 is 0 Å². The lowest BCUT2D eigenvalue weighted by Gasteiger charge is -2.03. The molecule has 0 aromatic carbocycles. The zero-order valence-corrected chi connectivity index (χ0v) is 11.0. The molecule has 3 heteroatoms. The fourth-order valence-corrected chi connectivity index (χ4v) is 1.92. The van der Waals surface area contributed by atoms with Gasteiger partial charge in [-0.2, -0.15) is 5.10 Å². The molecule has 0 aliphatic heterocycles. The maximum atomic E-state index is 10.1. The highest BCUT2D eigenvalue weighted by atomic mass is 16.3. The third-order valence-corrected chi connectivity index (χ3v) is 2.77. The number of unbranched alkanes of at least 4 members (excludes halogenated alkanes) is 1. The Kier molecular flexibility index (Phi) is 4.84. The SMILES string of the molecule is CCCCc1c(O)c(CC(C)C)nn1CC. The van der Waals surface area contributed by atoms with Crippen molar-refractivity contribution >= 4 is 0 Å². The van der Waals surface area contributed by atoms with E-state index in [1.54, 1.807) is 0 Å². The standard InChI is InChI=1S/C13H24N2O/c1-5-7-8-12-13(16)11(9-10(3)4)14-15(12)6-2/h10,16H,5-9H2,1-4H3. The first-order valence-corrected chi connectivity index (χ1v) is 6.37. The Morgan fingerprint density at radius 2 is 2.00 bits per heavy atom. The molecule has 0 aliphatic rings. The van der Waals surface area contributed by atoms with Gasteiger partial charge in [0.15, 0.2) is 5.75 Å². The molecule has 1 N–H and O–H groups in total. The largest absolute Gasteiger partial charge is 0.504 e. The molecule has 1 aromatic heterocycles. The monoisotopic (exact) mass is 224 g/mol. The number of aromatic nitrogens is 2. The summed E-state index contributed by atoms with van der Waals surface area (Å²) in [7, 11) is 0. The number of rotatable bonds is 6. The van der Waals surface area contributed by atoms with Gasteiger partial charge in [-0.15, -0.1) is 0 Å². The second-order valence-corrected chi connectivity index (χ2v) is 4.76. The first-order chi connectivity index (χ1) is 7.60. The number of hydrogen-bond acceptors (Lipinski definition) is 2. The minimum absolute atomic E-state index is 0.434. The van der Waals surface area contributed by atoms with Crippen molar-refractivity contribution in [1.29, 1.82) is 0 Å². The first kappa shape index (κ1) is 13.1. The van der Waals surface area contributed by atoms with Crippen LogP contribution in [0.15, 0.2) is 0 Å². The molecule has 0 aliphatic carbocycles. The van der Waals surface area contributed by atoms with Gasteiger partial charge in [-0.1, -0.05) is 27.2 Å². The van der Waals surface area contributed by atoms with Gasteiger partial charge in [0.1, 0.15) is 5.69 Å². The van der Waals surface area contributed by atoms with E-state index in [4.69, 9.17) is 0 Å². The lowest BCUT2D eigenvalue weighted by atomic mass is 10.1. The van der Waals surface area contributed by atoms with Crippen LogP contribution in [0.5, 0.6) is 5.75 Å². The van der Waals surface area contributed by atoms with Crippen molar-refractivity contribution in [2.24, 2.45) is 5.92 Å². The minimum atomic E-state index is 0.434. The van der Waals surface area contributed by atoms with Crippen LogP contribution in [0, 0.1) is 5.92 Å². The molecule has 0 saturated carbocycles. The predicted molar refractivity (Wildman–Crippen MR) is 66.7 cm³/mol. The van der Waals surface area contributed by atoms with E-state index in [9.17, 15) is 5.11 Å². The summed E-state index contributed by atoms with van der Waals surface area (Å²) in [5, 5.41) is 14.6. The average Bonchev–Trinajstić information content (AvgIpc) is 2.52. The summed E-state index contributed by atoms with van der Waals surface area (Å²) in [6.07, 6.45) is 4.05. The van der Waals surface area contributed by atoms with Gasteiger partial charge in [-0.25, -0.2) is 0 Å².